The largest absolute Gasteiger partial charge is 0.481 e. The molecule has 0 aromatic heterocycles. The maximum Gasteiger partial charge on any atom is 0.309 e. The van der Waals surface area contributed by atoms with Crippen molar-refractivity contribution in [2.75, 3.05) is 0 Å². The summed E-state index contributed by atoms with van der Waals surface area (Å²) in [6.07, 6.45) is 10.5. The van der Waals surface area contributed by atoms with Gasteiger partial charge in [-0.15, -0.1) is 0 Å². The molecule has 33 heavy (non-hydrogen) atoms. The Kier molecular flexibility index (Phi) is 5.15. The standard InChI is InChI=1S/C30H48O3/c1-18(2)19-10-15-30(25(32)33)17-16-28(6)20(24(19)30)8-9-22-27(5)13-12-23(31)26(3,4)21(27)11-14-29(22,28)7/h19-24,31H,1,8-17H2,2-7H3,(H,32,33)/t19-,20+,21-,22+,23-,24+,27-,28+,29+,30+/m0/s1. The molecular formula is C30H48O3. The monoisotopic (exact) mass is 456 g/mol. The second-order valence-electron chi connectivity index (χ2n) is 14.5. The first-order valence-corrected chi connectivity index (χ1v) is 13.8. The quantitative estimate of drug-likeness (QED) is 0.436. The van der Waals surface area contributed by atoms with Crippen LogP contribution in [0.1, 0.15) is 106 Å². The van der Waals surface area contributed by atoms with E-state index in [-0.39, 0.29) is 33.7 Å². The van der Waals surface area contributed by atoms with Crippen LogP contribution in [-0.2, 0) is 4.79 Å². The molecule has 0 bridgehead atoms. The summed E-state index contributed by atoms with van der Waals surface area (Å²) in [5.41, 5.74) is 1.35. The van der Waals surface area contributed by atoms with Gasteiger partial charge in [0, 0.05) is 0 Å². The molecule has 3 heteroatoms. The highest BCUT2D eigenvalue weighted by molar-refractivity contribution is 5.76. The van der Waals surface area contributed by atoms with Crippen LogP contribution in [0.5, 0.6) is 0 Å². The molecule has 0 aromatic rings. The zero-order chi connectivity index (χ0) is 24.2. The third kappa shape index (κ3) is 2.75. The number of fused-ring (bicyclic) bond motifs is 7. The lowest BCUT2D eigenvalue weighted by atomic mass is 9.32. The van der Waals surface area contributed by atoms with Crippen LogP contribution >= 0.6 is 0 Å². The Morgan fingerprint density at radius 2 is 1.52 bits per heavy atom. The summed E-state index contributed by atoms with van der Waals surface area (Å²) in [6.45, 7) is 18.8. The van der Waals surface area contributed by atoms with Crippen LogP contribution in [0.15, 0.2) is 12.2 Å². The molecule has 0 spiro atoms. The number of aliphatic hydroxyl groups excluding tert-OH is 1. The van der Waals surface area contributed by atoms with Gasteiger partial charge in [0.2, 0.25) is 0 Å². The van der Waals surface area contributed by atoms with Gasteiger partial charge < -0.3 is 10.2 Å². The lowest BCUT2D eigenvalue weighted by Gasteiger charge is -2.72. The van der Waals surface area contributed by atoms with Crippen molar-refractivity contribution >= 4 is 5.97 Å². The number of allylic oxidation sites excluding steroid dienone is 1. The summed E-state index contributed by atoms with van der Waals surface area (Å²) in [5, 5.41) is 21.4. The van der Waals surface area contributed by atoms with Crippen molar-refractivity contribution in [3.8, 4) is 0 Å². The molecule has 0 radical (unpaired) electrons. The van der Waals surface area contributed by atoms with Gasteiger partial charge in [-0.05, 0) is 122 Å². The highest BCUT2D eigenvalue weighted by atomic mass is 16.4. The van der Waals surface area contributed by atoms with Crippen molar-refractivity contribution in [3.05, 3.63) is 12.2 Å². The van der Waals surface area contributed by atoms with E-state index in [2.05, 4.69) is 48.1 Å². The predicted molar refractivity (Wildman–Crippen MR) is 133 cm³/mol. The van der Waals surface area contributed by atoms with E-state index in [9.17, 15) is 15.0 Å². The number of carbonyl (C=O) groups is 1. The van der Waals surface area contributed by atoms with Gasteiger partial charge in [0.1, 0.15) is 0 Å². The van der Waals surface area contributed by atoms with Gasteiger partial charge >= 0.3 is 5.97 Å². The van der Waals surface area contributed by atoms with Crippen LogP contribution in [0.25, 0.3) is 0 Å². The minimum Gasteiger partial charge on any atom is -0.481 e. The van der Waals surface area contributed by atoms with Crippen LogP contribution < -0.4 is 0 Å². The van der Waals surface area contributed by atoms with E-state index >= 15 is 0 Å². The van der Waals surface area contributed by atoms with Crippen molar-refractivity contribution < 1.29 is 15.0 Å². The summed E-state index contributed by atoms with van der Waals surface area (Å²) in [6, 6.07) is 0. The minimum atomic E-state index is -0.538. The summed E-state index contributed by atoms with van der Waals surface area (Å²) >= 11 is 0. The van der Waals surface area contributed by atoms with Crippen LogP contribution in [0.3, 0.4) is 0 Å². The Morgan fingerprint density at radius 1 is 0.818 bits per heavy atom. The van der Waals surface area contributed by atoms with E-state index < -0.39 is 11.4 Å². The Balaban J connectivity index is 1.57. The number of aliphatic carboxylic acids is 1. The van der Waals surface area contributed by atoms with Gasteiger partial charge in [0.05, 0.1) is 11.5 Å². The second-order valence-corrected chi connectivity index (χ2v) is 14.5. The summed E-state index contributed by atoms with van der Waals surface area (Å²) in [4.78, 5) is 12.8. The molecule has 0 amide bonds. The molecule has 5 rings (SSSR count). The number of hydrogen-bond acceptors (Lipinski definition) is 2. The van der Waals surface area contributed by atoms with E-state index in [1.165, 1.54) is 31.3 Å². The average molecular weight is 457 g/mol. The fourth-order valence-corrected chi connectivity index (χ4v) is 11.5. The van der Waals surface area contributed by atoms with Crippen molar-refractivity contribution in [2.45, 2.75) is 112 Å². The molecule has 10 atom stereocenters. The van der Waals surface area contributed by atoms with Crippen molar-refractivity contribution in [1.82, 2.24) is 0 Å². The van der Waals surface area contributed by atoms with E-state index in [4.69, 9.17) is 0 Å². The molecule has 5 saturated carbocycles. The Bertz CT molecular complexity index is 861. The topological polar surface area (TPSA) is 57.5 Å². The number of carboxylic acid groups (broad SMARTS) is 1. The normalized spacial score (nSPS) is 55.0. The maximum absolute atomic E-state index is 12.8. The lowest BCUT2D eigenvalue weighted by molar-refractivity contribution is -0.248. The molecule has 0 unspecified atom stereocenters. The smallest absolute Gasteiger partial charge is 0.309 e. The first-order chi connectivity index (χ1) is 15.3. The Morgan fingerprint density at radius 3 is 2.15 bits per heavy atom. The van der Waals surface area contributed by atoms with Gasteiger partial charge in [-0.1, -0.05) is 46.8 Å². The molecule has 5 aliphatic rings. The lowest BCUT2D eigenvalue weighted by Crippen LogP contribution is -2.67. The van der Waals surface area contributed by atoms with E-state index in [0.717, 1.165) is 38.5 Å². The first kappa shape index (κ1) is 23.9. The second kappa shape index (κ2) is 7.11. The molecule has 2 N–H and O–H groups in total. The van der Waals surface area contributed by atoms with E-state index in [0.29, 0.717) is 23.7 Å². The Hall–Kier alpha value is -0.830. The van der Waals surface area contributed by atoms with Gasteiger partial charge in [0.15, 0.2) is 0 Å². The van der Waals surface area contributed by atoms with E-state index in [1.807, 2.05) is 0 Å². The Labute approximate surface area is 201 Å². The zero-order valence-corrected chi connectivity index (χ0v) is 22.0. The van der Waals surface area contributed by atoms with Crippen LogP contribution in [-0.4, -0.2) is 22.3 Å². The van der Waals surface area contributed by atoms with E-state index in [1.54, 1.807) is 0 Å². The summed E-state index contributed by atoms with van der Waals surface area (Å²) in [5.74, 6) is 1.79. The van der Waals surface area contributed by atoms with Crippen molar-refractivity contribution in [3.63, 3.8) is 0 Å². The average Bonchev–Trinajstić information content (AvgIpc) is 3.13. The molecule has 3 nitrogen and oxygen atoms in total. The molecular weight excluding hydrogens is 408 g/mol. The van der Waals surface area contributed by atoms with Crippen molar-refractivity contribution in [1.29, 1.82) is 0 Å². The van der Waals surface area contributed by atoms with Gasteiger partial charge in [-0.3, -0.25) is 4.79 Å². The molecule has 0 aromatic carbocycles. The zero-order valence-electron chi connectivity index (χ0n) is 22.0. The van der Waals surface area contributed by atoms with Gasteiger partial charge in [-0.25, -0.2) is 0 Å². The number of hydrogen-bond donors (Lipinski definition) is 2. The van der Waals surface area contributed by atoms with Gasteiger partial charge in [-0.2, -0.15) is 0 Å². The maximum atomic E-state index is 12.8. The molecule has 5 aliphatic carbocycles. The van der Waals surface area contributed by atoms with Crippen LogP contribution in [0, 0.1) is 56.7 Å². The molecule has 0 heterocycles. The third-order valence-electron chi connectivity index (χ3n) is 13.5. The third-order valence-corrected chi connectivity index (χ3v) is 13.5. The van der Waals surface area contributed by atoms with Crippen LogP contribution in [0.4, 0.5) is 0 Å². The SMILES string of the molecule is C=C(C)[C@@H]1CC[C@@]2(C(=O)O)CC[C@]3(C)[C@H](CC[C@@H]4[C@@]5(C)CC[C@H](O)C(C)(C)[C@@H]5CC[C@]43C)[C@@H]12. The fraction of sp³-hybridized carbons (Fsp3) is 0.900. The number of carboxylic acids is 1. The molecule has 0 aliphatic heterocycles. The molecule has 186 valence electrons. The highest BCUT2D eigenvalue weighted by Crippen LogP contribution is 2.77. The van der Waals surface area contributed by atoms with Crippen LogP contribution in [0.2, 0.25) is 0 Å². The highest BCUT2D eigenvalue weighted by Gasteiger charge is 2.71. The molecule has 0 saturated heterocycles. The molecule has 5 fully saturated rings. The number of rotatable bonds is 2. The first-order valence-electron chi connectivity index (χ1n) is 13.8. The summed E-state index contributed by atoms with van der Waals surface area (Å²) in [7, 11) is 0. The fourth-order valence-electron chi connectivity index (χ4n) is 11.5. The minimum absolute atomic E-state index is 0.0202. The van der Waals surface area contributed by atoms with Gasteiger partial charge in [0.25, 0.3) is 0 Å². The summed E-state index contributed by atoms with van der Waals surface area (Å²) < 4.78 is 0. The predicted octanol–water partition coefficient (Wildman–Crippen LogP) is 7.09. The van der Waals surface area contributed by atoms with Crippen molar-refractivity contribution in [2.24, 2.45) is 56.7 Å². The number of aliphatic hydroxyl groups is 1.